The average molecular weight is 460 g/mol. The summed E-state index contributed by atoms with van der Waals surface area (Å²) < 4.78 is 15.4. The largest absolute Gasteiger partial charge is 0.359 e. The SMILES string of the molecule is CNC(=O)Cc1ccc(-n2c(=O)c3ccccc3n(CC(=O)Nc3ccc(F)cc3)c2=O)cc1. The van der Waals surface area contributed by atoms with Gasteiger partial charge in [-0.1, -0.05) is 24.3 Å². The summed E-state index contributed by atoms with van der Waals surface area (Å²) in [6.45, 7) is -0.355. The first-order chi connectivity index (χ1) is 16.4. The molecule has 9 heteroatoms. The maximum Gasteiger partial charge on any atom is 0.336 e. The van der Waals surface area contributed by atoms with E-state index in [1.54, 1.807) is 55.6 Å². The van der Waals surface area contributed by atoms with E-state index in [2.05, 4.69) is 10.6 Å². The summed E-state index contributed by atoms with van der Waals surface area (Å²) >= 11 is 0. The number of carbonyl (C=O) groups is 2. The summed E-state index contributed by atoms with van der Waals surface area (Å²) in [6.07, 6.45) is 0.164. The molecule has 2 amide bonds. The summed E-state index contributed by atoms with van der Waals surface area (Å²) in [5, 5.41) is 5.43. The third-order valence-electron chi connectivity index (χ3n) is 5.32. The van der Waals surface area contributed by atoms with Crippen LogP contribution >= 0.6 is 0 Å². The van der Waals surface area contributed by atoms with E-state index in [9.17, 15) is 23.6 Å². The van der Waals surface area contributed by atoms with Gasteiger partial charge in [0, 0.05) is 12.7 Å². The van der Waals surface area contributed by atoms with Crippen LogP contribution in [0.4, 0.5) is 10.1 Å². The molecule has 0 saturated heterocycles. The van der Waals surface area contributed by atoms with Crippen molar-refractivity contribution in [1.29, 1.82) is 0 Å². The number of anilines is 1. The minimum atomic E-state index is -0.683. The summed E-state index contributed by atoms with van der Waals surface area (Å²) in [6, 6.07) is 18.3. The number of para-hydroxylation sites is 1. The lowest BCUT2D eigenvalue weighted by molar-refractivity contribution is -0.120. The molecule has 1 heterocycles. The average Bonchev–Trinajstić information content (AvgIpc) is 2.84. The van der Waals surface area contributed by atoms with Crippen molar-refractivity contribution >= 4 is 28.4 Å². The Morgan fingerprint density at radius 2 is 1.56 bits per heavy atom. The molecule has 1 aromatic heterocycles. The molecule has 0 fully saturated rings. The van der Waals surface area contributed by atoms with E-state index in [-0.39, 0.29) is 24.3 Å². The zero-order valence-electron chi connectivity index (χ0n) is 18.2. The van der Waals surface area contributed by atoms with Gasteiger partial charge < -0.3 is 10.6 Å². The van der Waals surface area contributed by atoms with E-state index in [1.807, 2.05) is 0 Å². The van der Waals surface area contributed by atoms with E-state index in [4.69, 9.17) is 0 Å². The molecule has 0 unspecified atom stereocenters. The highest BCUT2D eigenvalue weighted by molar-refractivity contribution is 5.91. The number of hydrogen-bond acceptors (Lipinski definition) is 4. The highest BCUT2D eigenvalue weighted by Crippen LogP contribution is 2.13. The summed E-state index contributed by atoms with van der Waals surface area (Å²) in [7, 11) is 1.54. The summed E-state index contributed by atoms with van der Waals surface area (Å²) in [5.74, 6) is -1.11. The van der Waals surface area contributed by atoms with Crippen LogP contribution in [0.3, 0.4) is 0 Å². The minimum absolute atomic E-state index is 0.162. The number of aromatic nitrogens is 2. The smallest absolute Gasteiger partial charge is 0.336 e. The van der Waals surface area contributed by atoms with Gasteiger partial charge in [-0.2, -0.15) is 0 Å². The first kappa shape index (κ1) is 22.7. The Morgan fingerprint density at radius 3 is 2.24 bits per heavy atom. The van der Waals surface area contributed by atoms with Crippen molar-refractivity contribution in [3.8, 4) is 5.69 Å². The molecule has 8 nitrogen and oxygen atoms in total. The van der Waals surface area contributed by atoms with E-state index in [0.717, 1.165) is 10.1 Å². The lowest BCUT2D eigenvalue weighted by atomic mass is 10.1. The second kappa shape index (κ2) is 9.53. The van der Waals surface area contributed by atoms with Crippen molar-refractivity contribution < 1.29 is 14.0 Å². The van der Waals surface area contributed by atoms with E-state index in [1.165, 1.54) is 28.8 Å². The number of hydrogen-bond donors (Lipinski definition) is 2. The van der Waals surface area contributed by atoms with Crippen molar-refractivity contribution in [3.63, 3.8) is 0 Å². The van der Waals surface area contributed by atoms with Crippen LogP contribution in [0.5, 0.6) is 0 Å². The molecule has 0 aliphatic carbocycles. The molecule has 0 atom stereocenters. The number of nitrogens with one attached hydrogen (secondary N) is 2. The van der Waals surface area contributed by atoms with Crippen molar-refractivity contribution in [1.82, 2.24) is 14.5 Å². The van der Waals surface area contributed by atoms with Gasteiger partial charge in [0.1, 0.15) is 12.4 Å². The molecule has 3 aromatic carbocycles. The lowest BCUT2D eigenvalue weighted by Crippen LogP contribution is -2.40. The van der Waals surface area contributed by atoms with Crippen LogP contribution in [0.15, 0.2) is 82.4 Å². The van der Waals surface area contributed by atoms with Crippen LogP contribution in [-0.2, 0) is 22.6 Å². The second-order valence-corrected chi connectivity index (χ2v) is 7.60. The van der Waals surface area contributed by atoms with Crippen molar-refractivity contribution in [2.75, 3.05) is 12.4 Å². The van der Waals surface area contributed by atoms with Crippen LogP contribution in [-0.4, -0.2) is 28.0 Å². The maximum atomic E-state index is 13.4. The normalized spacial score (nSPS) is 10.8. The first-order valence-corrected chi connectivity index (χ1v) is 10.5. The zero-order valence-corrected chi connectivity index (χ0v) is 18.2. The third-order valence-corrected chi connectivity index (χ3v) is 5.32. The topological polar surface area (TPSA) is 102 Å². The molecular formula is C25H21FN4O4. The van der Waals surface area contributed by atoms with E-state index < -0.39 is 23.0 Å². The zero-order chi connectivity index (χ0) is 24.2. The fraction of sp³-hybridized carbons (Fsp3) is 0.120. The number of amides is 2. The Hall–Kier alpha value is -4.53. The number of benzene rings is 3. The molecule has 0 aliphatic heterocycles. The molecular weight excluding hydrogens is 439 g/mol. The lowest BCUT2D eigenvalue weighted by Gasteiger charge is -2.14. The van der Waals surface area contributed by atoms with Crippen molar-refractivity contribution in [2.45, 2.75) is 13.0 Å². The Morgan fingerprint density at radius 1 is 0.882 bits per heavy atom. The quantitative estimate of drug-likeness (QED) is 0.461. The van der Waals surface area contributed by atoms with Crippen molar-refractivity contribution in [2.24, 2.45) is 0 Å². The van der Waals surface area contributed by atoms with Crippen LogP contribution in [0.25, 0.3) is 16.6 Å². The molecule has 0 spiro atoms. The fourth-order valence-electron chi connectivity index (χ4n) is 3.62. The first-order valence-electron chi connectivity index (χ1n) is 10.5. The van der Waals surface area contributed by atoms with Gasteiger partial charge in [-0.05, 0) is 54.1 Å². The Balaban J connectivity index is 1.75. The molecule has 172 valence electrons. The van der Waals surface area contributed by atoms with E-state index >= 15 is 0 Å². The predicted octanol–water partition coefficient (Wildman–Crippen LogP) is 2.22. The summed E-state index contributed by atoms with van der Waals surface area (Å²) in [5.41, 5.74) is 0.528. The molecule has 0 saturated carbocycles. The Kier molecular flexibility index (Phi) is 6.35. The van der Waals surface area contributed by atoms with Crippen LogP contribution in [0.1, 0.15) is 5.56 Å². The number of nitrogens with zero attached hydrogens (tertiary/aromatic N) is 2. The van der Waals surface area contributed by atoms with Crippen LogP contribution < -0.4 is 21.9 Å². The van der Waals surface area contributed by atoms with Crippen LogP contribution in [0.2, 0.25) is 0 Å². The minimum Gasteiger partial charge on any atom is -0.359 e. The molecule has 0 bridgehead atoms. The Labute approximate surface area is 193 Å². The van der Waals surface area contributed by atoms with Crippen molar-refractivity contribution in [3.05, 3.63) is 105 Å². The highest BCUT2D eigenvalue weighted by Gasteiger charge is 2.17. The number of likely N-dealkylation sites (N-methyl/N-ethyl adjacent to an activating group) is 1. The molecule has 34 heavy (non-hydrogen) atoms. The van der Waals surface area contributed by atoms with Gasteiger partial charge in [0.05, 0.1) is 23.0 Å². The summed E-state index contributed by atoms with van der Waals surface area (Å²) in [4.78, 5) is 50.8. The number of carbonyl (C=O) groups excluding carboxylic acids is 2. The highest BCUT2D eigenvalue weighted by atomic mass is 19.1. The van der Waals surface area contributed by atoms with Gasteiger partial charge in [0.2, 0.25) is 11.8 Å². The number of halogens is 1. The number of rotatable bonds is 6. The monoisotopic (exact) mass is 460 g/mol. The van der Waals surface area contributed by atoms with Gasteiger partial charge in [0.15, 0.2) is 0 Å². The Bertz CT molecular complexity index is 1490. The van der Waals surface area contributed by atoms with Gasteiger partial charge in [0.25, 0.3) is 5.56 Å². The van der Waals surface area contributed by atoms with Gasteiger partial charge in [-0.3, -0.25) is 19.0 Å². The standard InChI is InChI=1S/C25H21FN4O4/c1-27-22(31)14-16-6-12-19(13-7-16)30-24(33)20-4-2-3-5-21(20)29(25(30)34)15-23(32)28-18-10-8-17(26)9-11-18/h2-13H,14-15H2,1H3,(H,27,31)(H,28,32). The van der Waals surface area contributed by atoms with Gasteiger partial charge >= 0.3 is 5.69 Å². The van der Waals surface area contributed by atoms with Gasteiger partial charge in [-0.15, -0.1) is 0 Å². The maximum absolute atomic E-state index is 13.4. The number of fused-ring (bicyclic) bond motifs is 1. The van der Waals surface area contributed by atoms with Crippen LogP contribution in [0, 0.1) is 5.82 Å². The molecule has 0 radical (unpaired) electrons. The van der Waals surface area contributed by atoms with Gasteiger partial charge in [-0.25, -0.2) is 13.8 Å². The molecule has 4 rings (SSSR count). The second-order valence-electron chi connectivity index (χ2n) is 7.60. The third kappa shape index (κ3) is 4.63. The molecule has 0 aliphatic rings. The molecule has 4 aromatic rings. The predicted molar refractivity (Wildman–Crippen MR) is 127 cm³/mol. The van der Waals surface area contributed by atoms with E-state index in [0.29, 0.717) is 16.9 Å². The molecule has 2 N–H and O–H groups in total. The fourth-order valence-corrected chi connectivity index (χ4v) is 3.62.